The second kappa shape index (κ2) is 5.21. The van der Waals surface area contributed by atoms with Crippen molar-refractivity contribution in [2.75, 3.05) is 19.0 Å². The number of anilines is 1. The Labute approximate surface area is 96.8 Å². The lowest BCUT2D eigenvalue weighted by Crippen LogP contribution is -2.16. The normalized spacial score (nSPS) is 9.87. The van der Waals surface area contributed by atoms with Crippen LogP contribution in [-0.4, -0.2) is 24.7 Å². The van der Waals surface area contributed by atoms with E-state index >= 15 is 0 Å². The summed E-state index contributed by atoms with van der Waals surface area (Å²) in [5.41, 5.74) is 0.328. The van der Waals surface area contributed by atoms with Crippen LogP contribution >= 0.6 is 23.2 Å². The first-order chi connectivity index (χ1) is 7.08. The van der Waals surface area contributed by atoms with Gasteiger partial charge in [-0.05, 0) is 12.1 Å². The van der Waals surface area contributed by atoms with Gasteiger partial charge in [-0.2, -0.15) is 0 Å². The molecule has 0 fully saturated rings. The van der Waals surface area contributed by atoms with Crippen molar-refractivity contribution in [3.05, 3.63) is 22.2 Å². The van der Waals surface area contributed by atoms with E-state index in [-0.39, 0.29) is 0 Å². The minimum absolute atomic E-state index is 0.290. The first kappa shape index (κ1) is 12.1. The molecule has 0 radical (unpaired) electrons. The van der Waals surface area contributed by atoms with E-state index < -0.39 is 12.5 Å². The third-order valence-corrected chi connectivity index (χ3v) is 2.13. The molecule has 0 saturated carbocycles. The third kappa shape index (κ3) is 2.99. The van der Waals surface area contributed by atoms with Gasteiger partial charge in [0.2, 0.25) is 5.91 Å². The highest BCUT2D eigenvalue weighted by molar-refractivity contribution is 6.36. The summed E-state index contributed by atoms with van der Waals surface area (Å²) in [6, 6.07) is 2.98. The lowest BCUT2D eigenvalue weighted by Gasteiger charge is -2.11. The number of carbonyl (C=O) groups is 1. The van der Waals surface area contributed by atoms with Crippen LogP contribution in [0.5, 0.6) is 5.75 Å². The van der Waals surface area contributed by atoms with Crippen LogP contribution in [0.4, 0.5) is 5.69 Å². The molecule has 1 aromatic carbocycles. The Kier molecular flexibility index (Phi) is 4.20. The molecule has 15 heavy (non-hydrogen) atoms. The molecule has 0 aliphatic heterocycles. The van der Waals surface area contributed by atoms with Crippen molar-refractivity contribution in [1.29, 1.82) is 0 Å². The van der Waals surface area contributed by atoms with Gasteiger partial charge in [0, 0.05) is 5.02 Å². The van der Waals surface area contributed by atoms with E-state index in [0.717, 1.165) is 0 Å². The van der Waals surface area contributed by atoms with Crippen LogP contribution in [0.2, 0.25) is 10.0 Å². The van der Waals surface area contributed by atoms with Crippen molar-refractivity contribution in [3.8, 4) is 5.75 Å². The average molecular weight is 250 g/mol. The van der Waals surface area contributed by atoms with Crippen LogP contribution in [-0.2, 0) is 4.79 Å². The smallest absolute Gasteiger partial charge is 0.250 e. The number of rotatable bonds is 3. The van der Waals surface area contributed by atoms with Crippen molar-refractivity contribution in [1.82, 2.24) is 0 Å². The van der Waals surface area contributed by atoms with Crippen LogP contribution in [0, 0.1) is 0 Å². The highest BCUT2D eigenvalue weighted by atomic mass is 35.5. The minimum Gasteiger partial charge on any atom is -0.493 e. The highest BCUT2D eigenvalue weighted by Crippen LogP contribution is 2.35. The van der Waals surface area contributed by atoms with Crippen LogP contribution in [0.15, 0.2) is 12.1 Å². The van der Waals surface area contributed by atoms with E-state index in [1.54, 1.807) is 0 Å². The summed E-state index contributed by atoms with van der Waals surface area (Å²) >= 11 is 11.6. The maximum atomic E-state index is 11.0. The predicted molar refractivity (Wildman–Crippen MR) is 58.7 cm³/mol. The molecule has 0 atom stereocenters. The van der Waals surface area contributed by atoms with E-state index in [1.165, 1.54) is 19.2 Å². The monoisotopic (exact) mass is 249 g/mol. The maximum Gasteiger partial charge on any atom is 0.250 e. The molecule has 0 spiro atoms. The average Bonchev–Trinajstić information content (AvgIpc) is 2.17. The number of nitrogens with one attached hydrogen (secondary N) is 1. The Morgan fingerprint density at radius 1 is 1.53 bits per heavy atom. The maximum absolute atomic E-state index is 11.0. The van der Waals surface area contributed by atoms with E-state index in [0.29, 0.717) is 21.5 Å². The van der Waals surface area contributed by atoms with Gasteiger partial charge in [-0.1, -0.05) is 23.2 Å². The zero-order valence-corrected chi connectivity index (χ0v) is 9.39. The summed E-state index contributed by atoms with van der Waals surface area (Å²) in [7, 11) is 1.42. The summed E-state index contributed by atoms with van der Waals surface area (Å²) < 4.78 is 4.99. The molecule has 4 nitrogen and oxygen atoms in total. The number of hydrogen-bond acceptors (Lipinski definition) is 3. The molecule has 6 heteroatoms. The number of carbonyl (C=O) groups excluding carboxylic acids is 1. The number of amides is 1. The molecule has 1 rings (SSSR count). The van der Waals surface area contributed by atoms with Gasteiger partial charge < -0.3 is 15.2 Å². The Bertz CT molecular complexity index is 382. The fourth-order valence-electron chi connectivity index (χ4n) is 1.05. The molecule has 0 aliphatic carbocycles. The fraction of sp³-hybridized carbons (Fsp3) is 0.222. The van der Waals surface area contributed by atoms with Crippen molar-refractivity contribution in [2.45, 2.75) is 0 Å². The largest absolute Gasteiger partial charge is 0.493 e. The lowest BCUT2D eigenvalue weighted by atomic mass is 10.3. The molecule has 0 aromatic heterocycles. The van der Waals surface area contributed by atoms with Crippen molar-refractivity contribution in [2.24, 2.45) is 0 Å². The number of aliphatic hydroxyl groups excluding tert-OH is 1. The molecule has 0 bridgehead atoms. The quantitative estimate of drug-likeness (QED) is 0.861. The molecule has 0 unspecified atom stereocenters. The lowest BCUT2D eigenvalue weighted by molar-refractivity contribution is -0.118. The summed E-state index contributed by atoms with van der Waals surface area (Å²) in [5.74, 6) is -0.255. The summed E-state index contributed by atoms with van der Waals surface area (Å²) in [6.07, 6.45) is 0. The SMILES string of the molecule is COc1c(Cl)cc(Cl)cc1NC(=O)CO. The molecular weight excluding hydrogens is 241 g/mol. The van der Waals surface area contributed by atoms with E-state index in [2.05, 4.69) is 5.32 Å². The first-order valence-electron chi connectivity index (χ1n) is 4.02. The van der Waals surface area contributed by atoms with Crippen molar-refractivity contribution < 1.29 is 14.6 Å². The highest BCUT2D eigenvalue weighted by Gasteiger charge is 2.11. The summed E-state index contributed by atoms with van der Waals surface area (Å²) in [6.45, 7) is -0.618. The standard InChI is InChI=1S/C9H9Cl2NO3/c1-15-9-6(11)2-5(10)3-7(9)12-8(14)4-13/h2-3,13H,4H2,1H3,(H,12,14). The van der Waals surface area contributed by atoms with E-state index in [9.17, 15) is 4.79 Å². The number of hydrogen-bond donors (Lipinski definition) is 2. The molecular formula is C9H9Cl2NO3. The van der Waals surface area contributed by atoms with Gasteiger partial charge in [-0.25, -0.2) is 0 Å². The predicted octanol–water partition coefficient (Wildman–Crippen LogP) is 1.93. The van der Waals surface area contributed by atoms with Gasteiger partial charge in [0.05, 0.1) is 17.8 Å². The van der Waals surface area contributed by atoms with Crippen LogP contribution in [0.1, 0.15) is 0 Å². The number of halogens is 2. The van der Waals surface area contributed by atoms with Gasteiger partial charge in [-0.3, -0.25) is 4.79 Å². The Hall–Kier alpha value is -0.970. The molecule has 0 saturated heterocycles. The van der Waals surface area contributed by atoms with Crippen LogP contribution < -0.4 is 10.1 Å². The van der Waals surface area contributed by atoms with E-state index in [1.807, 2.05) is 0 Å². The number of methoxy groups -OCH3 is 1. The van der Waals surface area contributed by atoms with Crippen LogP contribution in [0.3, 0.4) is 0 Å². The minimum atomic E-state index is -0.618. The van der Waals surface area contributed by atoms with Gasteiger partial charge in [-0.15, -0.1) is 0 Å². The zero-order chi connectivity index (χ0) is 11.4. The molecule has 1 amide bonds. The third-order valence-electron chi connectivity index (χ3n) is 1.63. The number of benzene rings is 1. The second-order valence-corrected chi connectivity index (χ2v) is 3.52. The first-order valence-corrected chi connectivity index (χ1v) is 4.77. The Morgan fingerprint density at radius 3 is 2.73 bits per heavy atom. The van der Waals surface area contributed by atoms with Gasteiger partial charge in [0.15, 0.2) is 5.75 Å². The van der Waals surface area contributed by atoms with Gasteiger partial charge >= 0.3 is 0 Å². The van der Waals surface area contributed by atoms with E-state index in [4.69, 9.17) is 33.0 Å². The Morgan fingerprint density at radius 2 is 2.20 bits per heavy atom. The molecule has 1 aromatic rings. The molecule has 0 heterocycles. The van der Waals surface area contributed by atoms with Crippen molar-refractivity contribution in [3.63, 3.8) is 0 Å². The van der Waals surface area contributed by atoms with Gasteiger partial charge in [0.25, 0.3) is 0 Å². The molecule has 0 aliphatic rings. The Balaban J connectivity index is 3.09. The van der Waals surface area contributed by atoms with Crippen LogP contribution in [0.25, 0.3) is 0 Å². The molecule has 2 N–H and O–H groups in total. The second-order valence-electron chi connectivity index (χ2n) is 2.67. The zero-order valence-electron chi connectivity index (χ0n) is 7.88. The molecule has 82 valence electrons. The topological polar surface area (TPSA) is 58.6 Å². The number of aliphatic hydroxyl groups is 1. The summed E-state index contributed by atoms with van der Waals surface area (Å²) in [5, 5.41) is 11.6. The summed E-state index contributed by atoms with van der Waals surface area (Å²) in [4.78, 5) is 11.0. The number of ether oxygens (including phenoxy) is 1. The van der Waals surface area contributed by atoms with Crippen molar-refractivity contribution >= 4 is 34.8 Å². The van der Waals surface area contributed by atoms with Gasteiger partial charge in [0.1, 0.15) is 6.61 Å². The fourth-order valence-corrected chi connectivity index (χ4v) is 1.62.